The van der Waals surface area contributed by atoms with Gasteiger partial charge in [0.1, 0.15) is 0 Å². The first kappa shape index (κ1) is 24.9. The summed E-state index contributed by atoms with van der Waals surface area (Å²) in [6, 6.07) is 0. The van der Waals surface area contributed by atoms with Crippen LogP contribution in [-0.2, 0) is 14.3 Å². The van der Waals surface area contributed by atoms with Crippen LogP contribution in [0.15, 0.2) is 24.3 Å². The third-order valence-corrected chi connectivity index (χ3v) is 4.34. The van der Waals surface area contributed by atoms with Gasteiger partial charge in [0.2, 0.25) is 5.79 Å². The van der Waals surface area contributed by atoms with Crippen LogP contribution in [0.5, 0.6) is 0 Å². The predicted octanol–water partition coefficient (Wildman–Crippen LogP) is 5.66. The van der Waals surface area contributed by atoms with E-state index in [1.54, 1.807) is 0 Å². The highest BCUT2D eigenvalue weighted by Gasteiger charge is 2.37. The van der Waals surface area contributed by atoms with Crippen molar-refractivity contribution in [2.24, 2.45) is 5.73 Å². The zero-order valence-corrected chi connectivity index (χ0v) is 17.3. The Morgan fingerprint density at radius 2 is 1.35 bits per heavy atom. The molecule has 26 heavy (non-hydrogen) atoms. The van der Waals surface area contributed by atoms with E-state index in [4.69, 9.17) is 15.2 Å². The maximum absolute atomic E-state index is 11.7. The number of hydrogen-bond acceptors (Lipinski definition) is 3. The molecule has 0 atom stereocenters. The predicted molar refractivity (Wildman–Crippen MR) is 110 cm³/mol. The fourth-order valence-corrected chi connectivity index (χ4v) is 2.91. The summed E-state index contributed by atoms with van der Waals surface area (Å²) < 4.78 is 11.1. The van der Waals surface area contributed by atoms with E-state index in [0.717, 1.165) is 32.1 Å². The Kier molecular flexibility index (Phi) is 16.5. The van der Waals surface area contributed by atoms with Gasteiger partial charge < -0.3 is 15.2 Å². The van der Waals surface area contributed by atoms with Crippen LogP contribution < -0.4 is 5.73 Å². The van der Waals surface area contributed by atoms with Crippen molar-refractivity contribution >= 4 is 5.91 Å². The van der Waals surface area contributed by atoms with E-state index >= 15 is 0 Å². The average Bonchev–Trinajstić information content (AvgIpc) is 2.62. The Labute approximate surface area is 161 Å². The third-order valence-electron chi connectivity index (χ3n) is 4.34. The van der Waals surface area contributed by atoms with Gasteiger partial charge in [-0.05, 0) is 52.4 Å². The molecule has 0 bridgehead atoms. The number of carbonyl (C=O) groups is 1. The smallest absolute Gasteiger partial charge is 0.277 e. The molecule has 0 heterocycles. The Morgan fingerprint density at radius 3 is 1.85 bits per heavy atom. The van der Waals surface area contributed by atoms with Crippen molar-refractivity contribution in [1.29, 1.82) is 0 Å². The largest absolute Gasteiger partial charge is 0.365 e. The number of hydrogen-bond donors (Lipinski definition) is 1. The molecule has 0 aliphatic carbocycles. The summed E-state index contributed by atoms with van der Waals surface area (Å²) in [6.07, 6.45) is 21.1. The average molecular weight is 368 g/mol. The van der Waals surface area contributed by atoms with Crippen LogP contribution in [0.4, 0.5) is 0 Å². The van der Waals surface area contributed by atoms with Gasteiger partial charge in [0.05, 0.1) is 0 Å². The molecule has 2 N–H and O–H groups in total. The van der Waals surface area contributed by atoms with E-state index in [9.17, 15) is 4.79 Å². The molecule has 0 fully saturated rings. The van der Waals surface area contributed by atoms with Crippen LogP contribution in [0, 0.1) is 0 Å². The highest BCUT2D eigenvalue weighted by atomic mass is 16.7. The number of ether oxygens (including phenoxy) is 2. The summed E-state index contributed by atoms with van der Waals surface area (Å²) in [5.74, 6) is -1.76. The van der Waals surface area contributed by atoms with Gasteiger partial charge in [0.15, 0.2) is 0 Å². The quantitative estimate of drug-likeness (QED) is 0.193. The molecule has 0 aliphatic rings. The van der Waals surface area contributed by atoms with Crippen LogP contribution in [0.2, 0.25) is 0 Å². The number of amides is 1. The second-order valence-electron chi connectivity index (χ2n) is 6.61. The van der Waals surface area contributed by atoms with Gasteiger partial charge in [-0.25, -0.2) is 0 Å². The third kappa shape index (κ3) is 12.3. The van der Waals surface area contributed by atoms with Crippen molar-refractivity contribution < 1.29 is 14.3 Å². The van der Waals surface area contributed by atoms with Crippen LogP contribution in [-0.4, -0.2) is 24.9 Å². The standard InChI is InChI=1S/C22H41NO3/c1-4-7-8-9-10-11-12-13-14-15-16-17-18-19-20-22(21(23)24,25-5-2)26-6-3/h10-11,13-14H,4-9,12,15-20H2,1-3H3,(H2,23,24)/b11-10-,14-13-. The number of unbranched alkanes of at least 4 members (excludes halogenated alkanes) is 7. The first-order valence-electron chi connectivity index (χ1n) is 10.5. The molecule has 0 aliphatic heterocycles. The van der Waals surface area contributed by atoms with Crippen molar-refractivity contribution in [3.05, 3.63) is 24.3 Å². The number of nitrogens with two attached hydrogens (primary N) is 1. The molecule has 0 unspecified atom stereocenters. The summed E-state index contributed by atoms with van der Waals surface area (Å²) >= 11 is 0. The fraction of sp³-hybridized carbons (Fsp3) is 0.773. The first-order chi connectivity index (χ1) is 12.6. The van der Waals surface area contributed by atoms with Crippen LogP contribution in [0.1, 0.15) is 91.4 Å². The summed E-state index contributed by atoms with van der Waals surface area (Å²) in [4.78, 5) is 11.7. The molecule has 0 saturated carbocycles. The fourth-order valence-electron chi connectivity index (χ4n) is 2.91. The van der Waals surface area contributed by atoms with E-state index in [1.165, 1.54) is 32.1 Å². The van der Waals surface area contributed by atoms with Gasteiger partial charge in [-0.15, -0.1) is 0 Å². The van der Waals surface area contributed by atoms with Gasteiger partial charge in [-0.2, -0.15) is 0 Å². The van der Waals surface area contributed by atoms with Crippen molar-refractivity contribution in [2.75, 3.05) is 13.2 Å². The molecule has 0 aromatic rings. The highest BCUT2D eigenvalue weighted by Crippen LogP contribution is 2.22. The van der Waals surface area contributed by atoms with Crippen LogP contribution >= 0.6 is 0 Å². The lowest BCUT2D eigenvalue weighted by molar-refractivity contribution is -0.228. The molecule has 4 heteroatoms. The lowest BCUT2D eigenvalue weighted by Gasteiger charge is -2.29. The molecular formula is C22H41NO3. The Bertz CT molecular complexity index is 385. The Balaban J connectivity index is 3.78. The van der Waals surface area contributed by atoms with E-state index in [-0.39, 0.29) is 0 Å². The minimum absolute atomic E-state index is 0.417. The second-order valence-corrected chi connectivity index (χ2v) is 6.61. The minimum Gasteiger partial charge on any atom is -0.365 e. The lowest BCUT2D eigenvalue weighted by Crippen LogP contribution is -2.48. The molecule has 1 amide bonds. The summed E-state index contributed by atoms with van der Waals surface area (Å²) in [5, 5.41) is 0. The molecule has 4 nitrogen and oxygen atoms in total. The number of rotatable bonds is 18. The Hall–Kier alpha value is -1.13. The van der Waals surface area contributed by atoms with Gasteiger partial charge in [-0.1, -0.05) is 56.9 Å². The molecular weight excluding hydrogens is 326 g/mol. The molecule has 0 saturated heterocycles. The zero-order valence-electron chi connectivity index (χ0n) is 17.3. The highest BCUT2D eigenvalue weighted by molar-refractivity contribution is 5.81. The molecule has 0 spiro atoms. The molecule has 152 valence electrons. The second kappa shape index (κ2) is 17.3. The van der Waals surface area contributed by atoms with Gasteiger partial charge in [-0.3, -0.25) is 4.79 Å². The molecule has 0 aromatic carbocycles. The maximum Gasteiger partial charge on any atom is 0.277 e. The molecule has 0 aromatic heterocycles. The van der Waals surface area contributed by atoms with E-state index in [0.29, 0.717) is 19.6 Å². The Morgan fingerprint density at radius 1 is 0.808 bits per heavy atom. The lowest BCUT2D eigenvalue weighted by atomic mass is 10.0. The SMILES string of the molecule is CCCCC/C=C\C/C=C\CCCCCCC(OCC)(OCC)C(N)=O. The van der Waals surface area contributed by atoms with Gasteiger partial charge in [0, 0.05) is 19.6 Å². The number of allylic oxidation sites excluding steroid dienone is 4. The topological polar surface area (TPSA) is 61.6 Å². The van der Waals surface area contributed by atoms with Crippen molar-refractivity contribution in [3.63, 3.8) is 0 Å². The zero-order chi connectivity index (χ0) is 19.5. The summed E-state index contributed by atoms with van der Waals surface area (Å²) in [5.41, 5.74) is 5.49. The van der Waals surface area contributed by atoms with Crippen molar-refractivity contribution in [1.82, 2.24) is 0 Å². The summed E-state index contributed by atoms with van der Waals surface area (Å²) in [6.45, 7) is 6.77. The first-order valence-corrected chi connectivity index (χ1v) is 10.5. The van der Waals surface area contributed by atoms with E-state index < -0.39 is 11.7 Å². The normalized spacial score (nSPS) is 12.4. The van der Waals surface area contributed by atoms with Crippen LogP contribution in [0.25, 0.3) is 0 Å². The molecule has 0 rings (SSSR count). The van der Waals surface area contributed by atoms with Crippen LogP contribution in [0.3, 0.4) is 0 Å². The minimum atomic E-state index is -1.24. The number of carbonyl (C=O) groups excluding carboxylic acids is 1. The van der Waals surface area contributed by atoms with Crippen molar-refractivity contribution in [2.45, 2.75) is 97.2 Å². The van der Waals surface area contributed by atoms with E-state index in [2.05, 4.69) is 31.2 Å². The molecule has 0 radical (unpaired) electrons. The van der Waals surface area contributed by atoms with Gasteiger partial charge in [0.25, 0.3) is 5.91 Å². The maximum atomic E-state index is 11.7. The number of primary amides is 1. The van der Waals surface area contributed by atoms with E-state index in [1.807, 2.05) is 13.8 Å². The van der Waals surface area contributed by atoms with Crippen molar-refractivity contribution in [3.8, 4) is 0 Å². The monoisotopic (exact) mass is 367 g/mol. The summed E-state index contributed by atoms with van der Waals surface area (Å²) in [7, 11) is 0. The van der Waals surface area contributed by atoms with Gasteiger partial charge >= 0.3 is 0 Å².